The number of nitrogens with one attached hydrogen (secondary N) is 4. The average molecular weight is 911 g/mol. The minimum absolute atomic E-state index is 0.117. The fourth-order valence-electron chi connectivity index (χ4n) is 11.5. The maximum absolute atomic E-state index is 14.0. The van der Waals surface area contributed by atoms with E-state index in [1.807, 2.05) is 43.7 Å². The molecular weight excluding hydrogens is 845 g/mol. The summed E-state index contributed by atoms with van der Waals surface area (Å²) >= 11 is 0. The van der Waals surface area contributed by atoms with Crippen LogP contribution in [0.5, 0.6) is 0 Å². The first-order chi connectivity index (χ1) is 32.1. The van der Waals surface area contributed by atoms with Crippen molar-refractivity contribution in [2.45, 2.75) is 117 Å². The topological polar surface area (TPSA) is 175 Å². The van der Waals surface area contributed by atoms with Gasteiger partial charge in [-0.15, -0.1) is 0 Å². The minimum Gasteiger partial charge on any atom is -0.453 e. The summed E-state index contributed by atoms with van der Waals surface area (Å²) in [5, 5.41) is 5.51. The molecule has 4 N–H and O–H groups in total. The molecule has 4 amide bonds. The Labute approximate surface area is 393 Å². The summed E-state index contributed by atoms with van der Waals surface area (Å²) in [5.74, 6) is 1.54. The average Bonchev–Trinajstić information content (AvgIpc) is 4.19. The zero-order chi connectivity index (χ0) is 47.3. The van der Waals surface area contributed by atoms with Crippen molar-refractivity contribution in [1.82, 2.24) is 40.4 Å². The second-order valence-corrected chi connectivity index (χ2v) is 20.7. The normalized spacial score (nSPS) is 21.9. The number of alkyl carbamates (subject to hydrolysis) is 2. The number of H-pyrrole nitrogens is 2. The number of rotatable bonds is 11. The van der Waals surface area contributed by atoms with Crippen LogP contribution in [0.15, 0.2) is 60.8 Å². The highest BCUT2D eigenvalue weighted by Crippen LogP contribution is 2.52. The Kier molecular flexibility index (Phi) is 12.7. The van der Waals surface area contributed by atoms with Gasteiger partial charge in [-0.05, 0) is 125 Å². The molecule has 2 aromatic heterocycles. The van der Waals surface area contributed by atoms with Crippen LogP contribution >= 0.6 is 0 Å². The molecule has 2 aliphatic heterocycles. The molecule has 9 rings (SSSR count). The first kappa shape index (κ1) is 46.0. The summed E-state index contributed by atoms with van der Waals surface area (Å²) in [6, 6.07) is 18.1. The van der Waals surface area contributed by atoms with E-state index >= 15 is 0 Å². The summed E-state index contributed by atoms with van der Waals surface area (Å²) < 4.78 is 9.68. The summed E-state index contributed by atoms with van der Waals surface area (Å²) in [5.41, 5.74) is 11.6. The van der Waals surface area contributed by atoms with Crippen molar-refractivity contribution in [3.63, 3.8) is 0 Å². The van der Waals surface area contributed by atoms with Crippen LogP contribution in [-0.4, -0.2) is 93.1 Å². The van der Waals surface area contributed by atoms with E-state index in [-0.39, 0.29) is 47.6 Å². The van der Waals surface area contributed by atoms with Gasteiger partial charge in [0.15, 0.2) is 0 Å². The summed E-state index contributed by atoms with van der Waals surface area (Å²) in [6.45, 7) is 13.1. The highest BCUT2D eigenvalue weighted by atomic mass is 16.5. The largest absolute Gasteiger partial charge is 0.453 e. The Morgan fingerprint density at radius 2 is 1.27 bits per heavy atom. The quantitative estimate of drug-likeness (QED) is 0.101. The number of hydrogen-bond acceptors (Lipinski definition) is 8. The molecule has 5 aromatic rings. The Morgan fingerprint density at radius 1 is 0.701 bits per heavy atom. The molecule has 4 aliphatic rings. The molecule has 0 bridgehead atoms. The summed E-state index contributed by atoms with van der Waals surface area (Å²) in [7, 11) is 2.61. The summed E-state index contributed by atoms with van der Waals surface area (Å²) in [4.78, 5) is 73.0. The van der Waals surface area contributed by atoms with Crippen molar-refractivity contribution >= 4 is 35.0 Å². The molecule has 67 heavy (non-hydrogen) atoms. The van der Waals surface area contributed by atoms with Crippen LogP contribution < -0.4 is 10.6 Å². The molecule has 2 aliphatic carbocycles. The number of methoxy groups -OCH3 is 2. The molecule has 3 aromatic carbocycles. The van der Waals surface area contributed by atoms with Crippen molar-refractivity contribution in [2.24, 2.45) is 29.1 Å². The number of nitrogens with zero attached hydrogens (tertiary/aromatic N) is 4. The van der Waals surface area contributed by atoms with E-state index < -0.39 is 24.3 Å². The molecule has 1 spiro atoms. The van der Waals surface area contributed by atoms with Crippen molar-refractivity contribution < 1.29 is 28.7 Å². The number of ether oxygens (including phenoxy) is 2. The van der Waals surface area contributed by atoms with E-state index in [1.54, 1.807) is 0 Å². The maximum atomic E-state index is 14.0. The second-order valence-electron chi connectivity index (χ2n) is 20.7. The first-order valence-corrected chi connectivity index (χ1v) is 24.3. The number of imidazole rings is 2. The van der Waals surface area contributed by atoms with Gasteiger partial charge in [0.2, 0.25) is 11.8 Å². The number of carbonyl (C=O) groups excluding carboxylic acids is 4. The van der Waals surface area contributed by atoms with Crippen LogP contribution in [0.2, 0.25) is 0 Å². The molecule has 4 heterocycles. The fourth-order valence-corrected chi connectivity index (χ4v) is 11.5. The predicted octanol–water partition coefficient (Wildman–Crippen LogP) is 9.53. The third kappa shape index (κ3) is 9.03. The van der Waals surface area contributed by atoms with Gasteiger partial charge in [0.05, 0.1) is 49.2 Å². The zero-order valence-corrected chi connectivity index (χ0v) is 40.2. The molecule has 1 saturated carbocycles. The van der Waals surface area contributed by atoms with E-state index in [1.165, 1.54) is 62.2 Å². The third-order valence-corrected chi connectivity index (χ3v) is 15.1. The van der Waals surface area contributed by atoms with Gasteiger partial charge in [0, 0.05) is 13.1 Å². The number of fused-ring (bicyclic) bond motifs is 2. The molecular formula is C53H66N8O6. The number of aromatic amines is 2. The van der Waals surface area contributed by atoms with Gasteiger partial charge in [-0.2, -0.15) is 0 Å². The van der Waals surface area contributed by atoms with E-state index in [0.717, 1.165) is 70.7 Å². The van der Waals surface area contributed by atoms with Crippen LogP contribution in [0.4, 0.5) is 9.59 Å². The van der Waals surface area contributed by atoms with Crippen molar-refractivity contribution in [1.29, 1.82) is 0 Å². The van der Waals surface area contributed by atoms with Crippen LogP contribution in [0.25, 0.3) is 44.5 Å². The Morgan fingerprint density at radius 3 is 1.85 bits per heavy atom. The smallest absolute Gasteiger partial charge is 0.407 e. The van der Waals surface area contributed by atoms with Crippen molar-refractivity contribution in [3.05, 3.63) is 83.6 Å². The highest BCUT2D eigenvalue weighted by Gasteiger charge is 2.43. The lowest BCUT2D eigenvalue weighted by Gasteiger charge is -2.30. The Hall–Kier alpha value is -6.18. The van der Waals surface area contributed by atoms with Gasteiger partial charge in [0.25, 0.3) is 0 Å². The molecule has 354 valence electrons. The molecule has 14 nitrogen and oxygen atoms in total. The summed E-state index contributed by atoms with van der Waals surface area (Å²) in [6.07, 6.45) is 9.42. The SMILES string of the molecule is COC(=O)N[C@H](C(=O)N1C[C@@H](C)C[C@H]1c1ncc(-c2ccc(-c3cc4c(c(-c5ccc6nc([C@@H]7C[C@H](C)CN7C(=O)[C@@H](NC(=O)OC)C(C)C)[nH]c6c5)c3)CC3(CCCC3)C4)cc2)[nH]1)C(C)C. The number of hydrogen-bond donors (Lipinski definition) is 4. The van der Waals surface area contributed by atoms with E-state index in [0.29, 0.717) is 18.5 Å². The standard InChI is InChI=1S/C53H66N8O6/c1-29(2)45(58-51(64)66-7)49(62)60-27-31(5)19-43(60)47-54-26-42(57-47)34-13-11-33(12-14-34)36-21-37-24-53(17-9-10-18-53)25-39(37)38(22-36)35-15-16-40-41(23-35)56-48(55-40)44-20-32(6)28-61(44)50(63)46(30(3)4)59-52(65)67-8/h11-16,21-23,26,29-32,43-46H,9-10,17-20,24-25,27-28H2,1-8H3,(H,54,57)(H,55,56)(H,58,64)(H,59,65)/t31-,32-,43-,44-,45-,46-/m0/s1. The van der Waals surface area contributed by atoms with Crippen molar-refractivity contribution in [2.75, 3.05) is 27.3 Å². The van der Waals surface area contributed by atoms with Gasteiger partial charge < -0.3 is 39.9 Å². The van der Waals surface area contributed by atoms with Crippen LogP contribution in [0, 0.1) is 29.1 Å². The third-order valence-electron chi connectivity index (χ3n) is 15.1. The monoisotopic (exact) mass is 911 g/mol. The highest BCUT2D eigenvalue weighted by molar-refractivity contribution is 5.89. The maximum Gasteiger partial charge on any atom is 0.407 e. The van der Waals surface area contributed by atoms with Crippen LogP contribution in [0.3, 0.4) is 0 Å². The first-order valence-electron chi connectivity index (χ1n) is 24.3. The van der Waals surface area contributed by atoms with E-state index in [9.17, 15) is 19.2 Å². The lowest BCUT2D eigenvalue weighted by molar-refractivity contribution is -0.136. The number of aromatic nitrogens is 4. The van der Waals surface area contributed by atoms with Gasteiger partial charge >= 0.3 is 12.2 Å². The molecule has 2 saturated heterocycles. The molecule has 0 unspecified atom stereocenters. The number of likely N-dealkylation sites (tertiary alicyclic amines) is 2. The van der Waals surface area contributed by atoms with Gasteiger partial charge in [-0.25, -0.2) is 19.6 Å². The van der Waals surface area contributed by atoms with E-state index in [4.69, 9.17) is 19.4 Å². The lowest BCUT2D eigenvalue weighted by atomic mass is 9.83. The molecule has 14 heteroatoms. The lowest BCUT2D eigenvalue weighted by Crippen LogP contribution is -2.51. The van der Waals surface area contributed by atoms with Gasteiger partial charge in [-0.1, -0.05) is 90.8 Å². The predicted molar refractivity (Wildman–Crippen MR) is 258 cm³/mol. The number of benzene rings is 3. The zero-order valence-electron chi connectivity index (χ0n) is 40.2. The Balaban J connectivity index is 0.991. The van der Waals surface area contributed by atoms with Gasteiger partial charge in [-0.3, -0.25) is 9.59 Å². The number of carbonyl (C=O) groups is 4. The van der Waals surface area contributed by atoms with Crippen molar-refractivity contribution in [3.8, 4) is 33.5 Å². The van der Waals surface area contributed by atoms with Crippen LogP contribution in [0.1, 0.15) is 115 Å². The van der Waals surface area contributed by atoms with E-state index in [2.05, 4.69) is 89.0 Å². The molecule has 0 radical (unpaired) electrons. The van der Waals surface area contributed by atoms with Gasteiger partial charge in [0.1, 0.15) is 23.7 Å². The fraction of sp³-hybridized carbons (Fsp3) is 0.509. The Bertz CT molecular complexity index is 2660. The number of amides is 4. The molecule has 3 fully saturated rings. The second kappa shape index (κ2) is 18.5. The minimum atomic E-state index is -0.707. The molecule has 6 atom stereocenters. The van der Waals surface area contributed by atoms with Crippen LogP contribution in [-0.2, 0) is 31.9 Å².